The molecule has 0 fully saturated rings. The van der Waals surface area contributed by atoms with Crippen LogP contribution in [-0.4, -0.2) is 35.3 Å². The number of carbonyl (C=O) groups excluding carboxylic acids is 1. The monoisotopic (exact) mass is 505 g/mol. The van der Waals surface area contributed by atoms with Gasteiger partial charge in [-0.25, -0.2) is 0 Å². The van der Waals surface area contributed by atoms with Crippen molar-refractivity contribution in [3.8, 4) is 0 Å². The molecule has 192 valence electrons. The highest BCUT2D eigenvalue weighted by molar-refractivity contribution is 7.99. The van der Waals surface area contributed by atoms with Crippen LogP contribution in [0.1, 0.15) is 114 Å². The molecule has 0 radical (unpaired) electrons. The van der Waals surface area contributed by atoms with E-state index in [2.05, 4.69) is 65.3 Å². The van der Waals surface area contributed by atoms with Crippen LogP contribution in [0.5, 0.6) is 0 Å². The van der Waals surface area contributed by atoms with Gasteiger partial charge in [-0.05, 0) is 72.3 Å². The summed E-state index contributed by atoms with van der Waals surface area (Å²) in [5.41, 5.74) is 0.452. The van der Waals surface area contributed by atoms with Gasteiger partial charge in [-0.3, -0.25) is 4.79 Å². The van der Waals surface area contributed by atoms with Crippen LogP contribution in [0.2, 0.25) is 0 Å². The van der Waals surface area contributed by atoms with Crippen molar-refractivity contribution in [3.05, 3.63) is 0 Å². The SMILES string of the molecule is CC(C)(P)CCC(C)(C)C(CCCCCP)CC(C)(C)CCSCCNC(=O)C(C)(C)C. The van der Waals surface area contributed by atoms with Gasteiger partial charge in [-0.15, -0.1) is 18.5 Å². The van der Waals surface area contributed by atoms with Crippen molar-refractivity contribution in [2.24, 2.45) is 22.2 Å². The fourth-order valence-corrected chi connectivity index (χ4v) is 5.63. The minimum absolute atomic E-state index is 0.152. The predicted molar refractivity (Wildman–Crippen MR) is 156 cm³/mol. The van der Waals surface area contributed by atoms with E-state index in [1.807, 2.05) is 32.5 Å². The Bertz CT molecular complexity index is 521. The van der Waals surface area contributed by atoms with Gasteiger partial charge in [0.1, 0.15) is 0 Å². The highest BCUT2D eigenvalue weighted by atomic mass is 32.2. The van der Waals surface area contributed by atoms with Crippen LogP contribution in [-0.2, 0) is 4.79 Å². The maximum absolute atomic E-state index is 12.0. The van der Waals surface area contributed by atoms with Crippen molar-refractivity contribution in [1.82, 2.24) is 5.32 Å². The topological polar surface area (TPSA) is 29.1 Å². The van der Waals surface area contributed by atoms with E-state index < -0.39 is 0 Å². The summed E-state index contributed by atoms with van der Waals surface area (Å²) >= 11 is 1.99. The first kappa shape index (κ1) is 32.7. The van der Waals surface area contributed by atoms with Crippen LogP contribution in [0.15, 0.2) is 0 Å². The molecule has 0 saturated carbocycles. The van der Waals surface area contributed by atoms with E-state index in [1.54, 1.807) is 0 Å². The third-order valence-electron chi connectivity index (χ3n) is 6.71. The molecule has 0 bridgehead atoms. The van der Waals surface area contributed by atoms with Crippen molar-refractivity contribution in [2.75, 3.05) is 24.2 Å². The molecule has 1 amide bonds. The molecule has 0 aromatic rings. The molecule has 0 aromatic heterocycles. The number of amides is 1. The zero-order valence-electron chi connectivity index (χ0n) is 23.0. The number of thioether (sulfide) groups is 1. The van der Waals surface area contributed by atoms with Gasteiger partial charge in [0.25, 0.3) is 0 Å². The molecule has 0 aliphatic carbocycles. The van der Waals surface area contributed by atoms with Crippen LogP contribution in [0.25, 0.3) is 0 Å². The molecule has 3 unspecified atom stereocenters. The summed E-state index contributed by atoms with van der Waals surface area (Å²) in [6.07, 6.45) is 11.8. The van der Waals surface area contributed by atoms with Gasteiger partial charge >= 0.3 is 0 Å². The van der Waals surface area contributed by atoms with E-state index in [0.29, 0.717) is 16.0 Å². The van der Waals surface area contributed by atoms with E-state index in [9.17, 15) is 4.79 Å². The Labute approximate surface area is 211 Å². The van der Waals surface area contributed by atoms with Crippen LogP contribution < -0.4 is 5.32 Å². The minimum atomic E-state index is -0.296. The molecule has 0 spiro atoms. The lowest BCUT2D eigenvalue weighted by Gasteiger charge is -2.41. The van der Waals surface area contributed by atoms with Crippen molar-refractivity contribution in [3.63, 3.8) is 0 Å². The van der Waals surface area contributed by atoms with Crippen molar-refractivity contribution >= 4 is 36.1 Å². The quantitative estimate of drug-likeness (QED) is 0.159. The smallest absolute Gasteiger partial charge is 0.225 e. The molecular formula is C27H57NOP2S. The number of carbonyl (C=O) groups is 1. The summed E-state index contributed by atoms with van der Waals surface area (Å²) in [5, 5.41) is 3.40. The van der Waals surface area contributed by atoms with Crippen LogP contribution >= 0.6 is 30.2 Å². The Morgan fingerprint density at radius 1 is 0.875 bits per heavy atom. The Hall–Kier alpha value is 0.680. The first-order chi connectivity index (χ1) is 14.5. The Kier molecular flexibility index (Phi) is 15.3. The van der Waals surface area contributed by atoms with Gasteiger partial charge in [0.2, 0.25) is 5.91 Å². The number of nitrogens with one attached hydrogen (secondary N) is 1. The number of hydrogen-bond donors (Lipinski definition) is 1. The summed E-state index contributed by atoms with van der Waals surface area (Å²) in [5.74, 6) is 3.12. The van der Waals surface area contributed by atoms with Crippen LogP contribution in [0, 0.1) is 22.2 Å². The number of rotatable bonds is 17. The van der Waals surface area contributed by atoms with Crippen LogP contribution in [0.4, 0.5) is 0 Å². The van der Waals surface area contributed by atoms with Crippen LogP contribution in [0.3, 0.4) is 0 Å². The number of unbranched alkanes of at least 4 members (excludes halogenated alkanes) is 2. The number of hydrogen-bond acceptors (Lipinski definition) is 2. The Morgan fingerprint density at radius 2 is 1.50 bits per heavy atom. The van der Waals surface area contributed by atoms with E-state index >= 15 is 0 Å². The predicted octanol–water partition coefficient (Wildman–Crippen LogP) is 8.20. The normalized spacial score (nSPS) is 14.5. The lowest BCUT2D eigenvalue weighted by atomic mass is 9.65. The highest BCUT2D eigenvalue weighted by Crippen LogP contribution is 2.45. The summed E-state index contributed by atoms with van der Waals surface area (Å²) in [4.78, 5) is 12.0. The molecular weight excluding hydrogens is 448 g/mol. The lowest BCUT2D eigenvalue weighted by molar-refractivity contribution is -0.128. The van der Waals surface area contributed by atoms with E-state index in [4.69, 9.17) is 0 Å². The Balaban J connectivity index is 4.70. The lowest BCUT2D eigenvalue weighted by Crippen LogP contribution is -2.36. The standard InChI is InChI=1S/C27H57NOP2S/c1-24(2,3)23(29)28-17-20-32-19-16-25(4,5)21-22(13-11-10-12-18-30)26(6,7)14-15-27(8,9)31/h22H,10-21,30-31H2,1-9H3,(H,28,29). The zero-order chi connectivity index (χ0) is 25.1. The molecule has 0 rings (SSSR count). The average Bonchev–Trinajstić information content (AvgIpc) is 2.63. The maximum atomic E-state index is 12.0. The molecule has 0 aliphatic heterocycles. The third-order valence-corrected chi connectivity index (χ3v) is 8.39. The molecule has 32 heavy (non-hydrogen) atoms. The van der Waals surface area contributed by atoms with E-state index in [0.717, 1.165) is 18.2 Å². The summed E-state index contributed by atoms with van der Waals surface area (Å²) in [6, 6.07) is 0. The second-order valence-corrected chi connectivity index (χ2v) is 16.4. The van der Waals surface area contributed by atoms with E-state index in [-0.39, 0.29) is 11.3 Å². The molecule has 0 saturated heterocycles. The van der Waals surface area contributed by atoms with Gasteiger partial charge in [0.05, 0.1) is 0 Å². The van der Waals surface area contributed by atoms with Crippen molar-refractivity contribution in [1.29, 1.82) is 0 Å². The molecule has 2 nitrogen and oxygen atoms in total. The largest absolute Gasteiger partial charge is 0.355 e. The highest BCUT2D eigenvalue weighted by Gasteiger charge is 2.34. The van der Waals surface area contributed by atoms with E-state index in [1.165, 1.54) is 63.3 Å². The fraction of sp³-hybridized carbons (Fsp3) is 0.963. The first-order valence-electron chi connectivity index (χ1n) is 12.9. The second kappa shape index (κ2) is 14.9. The maximum Gasteiger partial charge on any atom is 0.225 e. The Morgan fingerprint density at radius 3 is 2.03 bits per heavy atom. The second-order valence-electron chi connectivity index (χ2n) is 13.0. The van der Waals surface area contributed by atoms with Gasteiger partial charge in [-0.2, -0.15) is 11.8 Å². The molecule has 3 atom stereocenters. The fourth-order valence-electron chi connectivity index (χ4n) is 4.05. The molecule has 1 N–H and O–H groups in total. The molecule has 0 aromatic carbocycles. The summed E-state index contributed by atoms with van der Waals surface area (Å²) in [7, 11) is 5.91. The molecule has 0 aliphatic rings. The molecule has 5 heteroatoms. The van der Waals surface area contributed by atoms with Gasteiger partial charge in [0, 0.05) is 17.7 Å². The van der Waals surface area contributed by atoms with Crippen molar-refractivity contribution in [2.45, 2.75) is 119 Å². The minimum Gasteiger partial charge on any atom is -0.355 e. The van der Waals surface area contributed by atoms with Gasteiger partial charge in [0.15, 0.2) is 0 Å². The molecule has 0 heterocycles. The average molecular weight is 506 g/mol. The zero-order valence-corrected chi connectivity index (χ0v) is 26.2. The summed E-state index contributed by atoms with van der Waals surface area (Å²) in [6.45, 7) is 21.4. The van der Waals surface area contributed by atoms with Crippen molar-refractivity contribution < 1.29 is 4.79 Å². The first-order valence-corrected chi connectivity index (χ1v) is 15.4. The summed E-state index contributed by atoms with van der Waals surface area (Å²) < 4.78 is 0. The van der Waals surface area contributed by atoms with Gasteiger partial charge < -0.3 is 5.32 Å². The van der Waals surface area contributed by atoms with Gasteiger partial charge in [-0.1, -0.05) is 75.2 Å². The third kappa shape index (κ3) is 16.3.